The number of ether oxygens (including phenoxy) is 1. The molecular weight excluding hydrogens is 546 g/mol. The van der Waals surface area contributed by atoms with E-state index in [9.17, 15) is 9.59 Å². The fourth-order valence-corrected chi connectivity index (χ4v) is 5.27. The van der Waals surface area contributed by atoms with Gasteiger partial charge in [-0.3, -0.25) is 9.59 Å². The molecule has 0 radical (unpaired) electrons. The van der Waals surface area contributed by atoms with Crippen molar-refractivity contribution in [2.45, 2.75) is 33.4 Å². The molecule has 12 heteroatoms. The van der Waals surface area contributed by atoms with Crippen LogP contribution >= 0.6 is 0 Å². The number of benzene rings is 2. The van der Waals surface area contributed by atoms with Gasteiger partial charge < -0.3 is 24.4 Å². The van der Waals surface area contributed by atoms with Crippen molar-refractivity contribution in [1.82, 2.24) is 33.8 Å². The van der Waals surface area contributed by atoms with E-state index in [-0.39, 0.29) is 18.1 Å². The average Bonchev–Trinajstić information content (AvgIpc) is 3.53. The van der Waals surface area contributed by atoms with Gasteiger partial charge in [0.15, 0.2) is 12.3 Å². The summed E-state index contributed by atoms with van der Waals surface area (Å²) in [4.78, 5) is 44.0. The molecule has 0 unspecified atom stereocenters. The highest BCUT2D eigenvalue weighted by molar-refractivity contribution is 5.98. The number of amides is 1. The summed E-state index contributed by atoms with van der Waals surface area (Å²) >= 11 is 0. The summed E-state index contributed by atoms with van der Waals surface area (Å²) in [7, 11) is 4.10. The third-order valence-corrected chi connectivity index (χ3v) is 7.43. The van der Waals surface area contributed by atoms with Gasteiger partial charge in [-0.1, -0.05) is 19.1 Å². The van der Waals surface area contributed by atoms with Crippen molar-refractivity contribution >= 4 is 45.3 Å². The lowest BCUT2D eigenvalue weighted by Gasteiger charge is -2.29. The van der Waals surface area contributed by atoms with Gasteiger partial charge in [0.1, 0.15) is 11.1 Å². The van der Waals surface area contributed by atoms with Crippen molar-refractivity contribution in [2.75, 3.05) is 44.0 Å². The van der Waals surface area contributed by atoms with Crippen molar-refractivity contribution in [3.8, 4) is 11.4 Å². The van der Waals surface area contributed by atoms with E-state index in [0.29, 0.717) is 47.2 Å². The first-order valence-corrected chi connectivity index (χ1v) is 14.4. The molecule has 222 valence electrons. The topological polar surface area (TPSA) is 115 Å². The predicted octanol–water partition coefficient (Wildman–Crippen LogP) is 3.95. The fourth-order valence-electron chi connectivity index (χ4n) is 5.27. The first kappa shape index (κ1) is 28.2. The zero-order chi connectivity index (χ0) is 30.1. The summed E-state index contributed by atoms with van der Waals surface area (Å²) < 4.78 is 11.2. The molecule has 0 fully saturated rings. The molecule has 0 saturated heterocycles. The fraction of sp³-hybridized carbons (Fsp3) is 0.323. The zero-order valence-corrected chi connectivity index (χ0v) is 24.8. The van der Waals surface area contributed by atoms with Crippen LogP contribution in [-0.4, -0.2) is 73.5 Å². The van der Waals surface area contributed by atoms with Crippen molar-refractivity contribution in [1.29, 1.82) is 0 Å². The quantitative estimate of drug-likeness (QED) is 0.247. The Morgan fingerprint density at radius 2 is 1.95 bits per heavy atom. The molecule has 6 rings (SSSR count). The molecule has 1 aliphatic rings. The van der Waals surface area contributed by atoms with Gasteiger partial charge in [-0.15, -0.1) is 0 Å². The van der Waals surface area contributed by atoms with Gasteiger partial charge in [-0.05, 0) is 63.8 Å². The van der Waals surface area contributed by atoms with Crippen LogP contribution in [0.1, 0.15) is 20.3 Å². The third-order valence-electron chi connectivity index (χ3n) is 7.43. The number of aromatic nitrogens is 6. The second-order valence-electron chi connectivity index (χ2n) is 10.8. The molecule has 1 amide bonds. The minimum Gasteiger partial charge on any atom is -0.482 e. The van der Waals surface area contributed by atoms with E-state index in [1.54, 1.807) is 20.5 Å². The first-order chi connectivity index (χ1) is 20.9. The van der Waals surface area contributed by atoms with Crippen molar-refractivity contribution in [3.05, 3.63) is 71.4 Å². The molecule has 0 saturated carbocycles. The van der Waals surface area contributed by atoms with Gasteiger partial charge in [0.25, 0.3) is 11.5 Å². The summed E-state index contributed by atoms with van der Waals surface area (Å²) in [6.07, 6.45) is 8.01. The summed E-state index contributed by atoms with van der Waals surface area (Å²) in [5.41, 5.74) is 4.29. The maximum absolute atomic E-state index is 13.6. The molecule has 0 bridgehead atoms. The lowest BCUT2D eigenvalue weighted by atomic mass is 10.2. The Morgan fingerprint density at radius 1 is 1.09 bits per heavy atom. The number of anilines is 3. The normalized spacial score (nSPS) is 13.4. The molecule has 43 heavy (non-hydrogen) atoms. The molecular formula is C31H35N9O3. The molecule has 3 aromatic heterocycles. The van der Waals surface area contributed by atoms with Crippen LogP contribution in [-0.2, 0) is 17.9 Å². The highest BCUT2D eigenvalue weighted by atomic mass is 16.5. The highest BCUT2D eigenvalue weighted by Gasteiger charge is 2.26. The van der Waals surface area contributed by atoms with E-state index < -0.39 is 0 Å². The number of imidazole rings is 1. The van der Waals surface area contributed by atoms with E-state index in [4.69, 9.17) is 9.72 Å². The lowest BCUT2D eigenvalue weighted by Crippen LogP contribution is -2.39. The van der Waals surface area contributed by atoms with Crippen LogP contribution in [0.3, 0.4) is 0 Å². The smallest absolute Gasteiger partial charge is 0.278 e. The first-order valence-electron chi connectivity index (χ1n) is 14.4. The van der Waals surface area contributed by atoms with Gasteiger partial charge in [0, 0.05) is 31.5 Å². The van der Waals surface area contributed by atoms with Crippen molar-refractivity contribution in [2.24, 2.45) is 0 Å². The number of rotatable bonds is 10. The number of hydrogen-bond acceptors (Lipinski definition) is 8. The van der Waals surface area contributed by atoms with Crippen LogP contribution in [0.15, 0.2) is 65.9 Å². The van der Waals surface area contributed by atoms with Crippen LogP contribution in [0.5, 0.6) is 5.75 Å². The standard InChI is InChI=1S/C31H35N9O3/c1-5-7-13-39-30(42)23-18-32-31(34-21-8-10-25-24(16-21)33-20-37(25)15-14-36(3)4)35-29(23)40(39)22-9-11-27-26(17-22)38(12-6-2)28(41)19-43-27/h5,7-11,16-18,20H,6,12-15,19H2,1-4H3,(H,32,34,35)/b7-5-. The monoisotopic (exact) mass is 581 g/mol. The van der Waals surface area contributed by atoms with Crippen LogP contribution in [0.4, 0.5) is 17.3 Å². The highest BCUT2D eigenvalue weighted by Crippen LogP contribution is 2.35. The minimum atomic E-state index is -0.209. The van der Waals surface area contributed by atoms with Gasteiger partial charge in [-0.2, -0.15) is 4.98 Å². The third kappa shape index (κ3) is 5.37. The number of carbonyl (C=O) groups is 1. The molecule has 1 aliphatic heterocycles. The number of allylic oxidation sites excluding steroid dienone is 2. The number of nitrogens with zero attached hydrogens (tertiary/aromatic N) is 8. The number of likely N-dealkylation sites (N-methyl/N-ethyl adjacent to an activating group) is 1. The summed E-state index contributed by atoms with van der Waals surface area (Å²) in [6.45, 7) is 6.62. The number of carbonyl (C=O) groups excluding carboxylic acids is 1. The Balaban J connectivity index is 1.41. The SMILES string of the molecule is C/C=C\Cn1c(=O)c2cnc(Nc3ccc4c(c3)ncn4CCN(C)C)nc2n1-c1ccc2c(c1)N(CCC)C(=O)CO2. The van der Waals surface area contributed by atoms with Gasteiger partial charge in [-0.25, -0.2) is 19.3 Å². The van der Waals surface area contributed by atoms with E-state index in [0.717, 1.165) is 36.2 Å². The van der Waals surface area contributed by atoms with Gasteiger partial charge in [0.2, 0.25) is 5.95 Å². The Labute approximate surface area is 248 Å². The summed E-state index contributed by atoms with van der Waals surface area (Å²) in [5.74, 6) is 0.885. The number of nitrogens with one attached hydrogen (secondary N) is 1. The van der Waals surface area contributed by atoms with E-state index in [1.807, 2.05) is 82.8 Å². The molecule has 0 aliphatic carbocycles. The zero-order valence-electron chi connectivity index (χ0n) is 24.8. The largest absolute Gasteiger partial charge is 0.482 e. The Morgan fingerprint density at radius 3 is 2.74 bits per heavy atom. The Kier molecular flexibility index (Phi) is 7.68. The lowest BCUT2D eigenvalue weighted by molar-refractivity contribution is -0.121. The van der Waals surface area contributed by atoms with E-state index in [2.05, 4.69) is 24.8 Å². The molecule has 1 N–H and O–H groups in total. The number of hydrogen-bond donors (Lipinski definition) is 1. The molecule has 12 nitrogen and oxygen atoms in total. The Bertz CT molecular complexity index is 1900. The predicted molar refractivity (Wildman–Crippen MR) is 168 cm³/mol. The van der Waals surface area contributed by atoms with E-state index in [1.165, 1.54) is 0 Å². The average molecular weight is 582 g/mol. The maximum atomic E-state index is 13.6. The number of fused-ring (bicyclic) bond motifs is 3. The molecule has 0 spiro atoms. The van der Waals surface area contributed by atoms with Crippen molar-refractivity contribution < 1.29 is 9.53 Å². The van der Waals surface area contributed by atoms with E-state index >= 15 is 0 Å². The second-order valence-corrected chi connectivity index (χ2v) is 10.8. The van der Waals surface area contributed by atoms with Gasteiger partial charge >= 0.3 is 0 Å². The maximum Gasteiger partial charge on any atom is 0.278 e. The van der Waals surface area contributed by atoms with Crippen molar-refractivity contribution in [3.63, 3.8) is 0 Å². The summed E-state index contributed by atoms with van der Waals surface area (Å²) in [5, 5.41) is 3.68. The van der Waals surface area contributed by atoms with Crippen LogP contribution in [0, 0.1) is 0 Å². The molecule has 2 aromatic carbocycles. The van der Waals surface area contributed by atoms with Crippen LogP contribution in [0.25, 0.3) is 27.8 Å². The molecule has 4 heterocycles. The van der Waals surface area contributed by atoms with Gasteiger partial charge in [0.05, 0.1) is 35.3 Å². The van der Waals surface area contributed by atoms with Crippen LogP contribution < -0.4 is 20.5 Å². The minimum absolute atomic E-state index is 0.00910. The second kappa shape index (κ2) is 11.7. The summed E-state index contributed by atoms with van der Waals surface area (Å²) in [6, 6.07) is 11.5. The van der Waals surface area contributed by atoms with Crippen LogP contribution in [0.2, 0.25) is 0 Å². The molecule has 5 aromatic rings. The molecule has 0 atom stereocenters. The Hall–Kier alpha value is -4.97.